The van der Waals surface area contributed by atoms with Crippen molar-refractivity contribution in [2.75, 3.05) is 5.73 Å². The first-order chi connectivity index (χ1) is 12.2. The van der Waals surface area contributed by atoms with E-state index >= 15 is 0 Å². The second-order valence-electron chi connectivity index (χ2n) is 6.05. The Kier molecular flexibility index (Phi) is 4.08. The topological polar surface area (TPSA) is 42.8 Å². The second kappa shape index (κ2) is 6.54. The molecule has 0 fully saturated rings. The van der Waals surface area contributed by atoms with E-state index in [-0.39, 0.29) is 0 Å². The highest BCUT2D eigenvalue weighted by Crippen LogP contribution is 2.29. The maximum absolute atomic E-state index is 6.02. The molecule has 4 aromatic rings. The van der Waals surface area contributed by atoms with Gasteiger partial charge < -0.3 is 5.73 Å². The number of nitrogens with two attached hydrogens (primary N) is 1. The molecule has 2 N–H and O–H groups in total. The minimum Gasteiger partial charge on any atom is -0.398 e. The van der Waals surface area contributed by atoms with Crippen LogP contribution in [0.2, 0.25) is 5.02 Å². The number of halogens is 1. The van der Waals surface area contributed by atoms with E-state index in [1.54, 1.807) is 0 Å². The molecule has 0 aliphatic carbocycles. The third kappa shape index (κ3) is 3.32. The molecule has 0 spiro atoms. The number of pyridine rings is 2. The number of benzene rings is 2. The lowest BCUT2D eigenvalue weighted by Gasteiger charge is -2.08. The number of anilines is 1. The summed E-state index contributed by atoms with van der Waals surface area (Å²) in [7, 11) is 0. The minimum atomic E-state index is 0.734. The van der Waals surface area contributed by atoms with Crippen LogP contribution in [0.25, 0.3) is 21.9 Å². The predicted octanol–water partition coefficient (Wildman–Crippen LogP) is 4.47. The van der Waals surface area contributed by atoms with E-state index in [2.05, 4.69) is 27.8 Å². The van der Waals surface area contributed by atoms with Crippen LogP contribution in [0.4, 0.5) is 5.69 Å². The zero-order chi connectivity index (χ0) is 17.2. The molecule has 4 heteroatoms. The summed E-state index contributed by atoms with van der Waals surface area (Å²) in [4.78, 5) is 4.38. The van der Waals surface area contributed by atoms with Crippen molar-refractivity contribution in [1.82, 2.24) is 4.98 Å². The van der Waals surface area contributed by atoms with Crippen molar-refractivity contribution in [3.8, 4) is 11.1 Å². The van der Waals surface area contributed by atoms with Crippen LogP contribution in [0.1, 0.15) is 5.56 Å². The molecule has 3 nitrogen and oxygen atoms in total. The van der Waals surface area contributed by atoms with E-state index in [0.29, 0.717) is 0 Å². The van der Waals surface area contributed by atoms with Gasteiger partial charge in [0.2, 0.25) is 0 Å². The van der Waals surface area contributed by atoms with Gasteiger partial charge in [0.25, 0.3) is 0 Å². The van der Waals surface area contributed by atoms with Gasteiger partial charge in [-0.25, -0.2) is 4.57 Å². The molecule has 2 aromatic carbocycles. The van der Waals surface area contributed by atoms with Gasteiger partial charge in [-0.2, -0.15) is 0 Å². The van der Waals surface area contributed by atoms with Crippen LogP contribution in [-0.4, -0.2) is 4.98 Å². The number of nitrogen functional groups attached to an aromatic ring is 1. The molecule has 0 amide bonds. The zero-order valence-corrected chi connectivity index (χ0v) is 14.3. The molecule has 0 radical (unpaired) electrons. The monoisotopic (exact) mass is 346 g/mol. The third-order valence-corrected chi connectivity index (χ3v) is 4.51. The number of hydrogen-bond acceptors (Lipinski definition) is 2. The van der Waals surface area contributed by atoms with E-state index in [1.807, 2.05) is 61.2 Å². The fourth-order valence-electron chi connectivity index (χ4n) is 2.95. The average molecular weight is 347 g/mol. The number of hydrogen-bond donors (Lipinski definition) is 1. The maximum atomic E-state index is 6.02. The number of rotatable bonds is 3. The van der Waals surface area contributed by atoms with Crippen LogP contribution >= 0.6 is 11.6 Å². The fourth-order valence-corrected chi connectivity index (χ4v) is 3.08. The highest BCUT2D eigenvalue weighted by Gasteiger charge is 2.08. The van der Waals surface area contributed by atoms with Gasteiger partial charge in [-0.1, -0.05) is 35.9 Å². The van der Waals surface area contributed by atoms with E-state index in [4.69, 9.17) is 17.3 Å². The van der Waals surface area contributed by atoms with Crippen molar-refractivity contribution < 1.29 is 4.57 Å². The summed E-state index contributed by atoms with van der Waals surface area (Å²) in [6, 6.07) is 18.2. The SMILES string of the molecule is Nc1cc[n+](Cc2ccc3cncc(-c4ccc(Cl)cc4)c3c2)cc1. The Labute approximate surface area is 151 Å². The van der Waals surface area contributed by atoms with Crippen LogP contribution in [0.3, 0.4) is 0 Å². The lowest BCUT2D eigenvalue weighted by Crippen LogP contribution is -2.33. The van der Waals surface area contributed by atoms with E-state index < -0.39 is 0 Å². The van der Waals surface area contributed by atoms with Gasteiger partial charge in [0.15, 0.2) is 18.9 Å². The molecule has 0 saturated carbocycles. The van der Waals surface area contributed by atoms with Crippen LogP contribution in [0, 0.1) is 0 Å². The molecule has 0 unspecified atom stereocenters. The van der Waals surface area contributed by atoms with Gasteiger partial charge in [-0.15, -0.1) is 0 Å². The Balaban J connectivity index is 1.77. The maximum Gasteiger partial charge on any atom is 0.173 e. The lowest BCUT2D eigenvalue weighted by molar-refractivity contribution is -0.688. The summed E-state index contributed by atoms with van der Waals surface area (Å²) in [5.41, 5.74) is 9.98. The average Bonchev–Trinajstić information content (AvgIpc) is 2.64. The van der Waals surface area contributed by atoms with Gasteiger partial charge in [0.05, 0.1) is 0 Å². The van der Waals surface area contributed by atoms with Crippen molar-refractivity contribution >= 4 is 28.1 Å². The summed E-state index contributed by atoms with van der Waals surface area (Å²) in [5.74, 6) is 0. The first-order valence-electron chi connectivity index (χ1n) is 8.06. The van der Waals surface area contributed by atoms with Crippen molar-refractivity contribution in [2.45, 2.75) is 6.54 Å². The van der Waals surface area contributed by atoms with Crippen molar-refractivity contribution in [3.05, 3.63) is 90.0 Å². The van der Waals surface area contributed by atoms with Crippen LogP contribution in [-0.2, 0) is 6.54 Å². The normalized spacial score (nSPS) is 10.9. The Morgan fingerprint density at radius 3 is 2.44 bits per heavy atom. The Hall–Kier alpha value is -2.91. The fraction of sp³-hybridized carbons (Fsp3) is 0.0476. The third-order valence-electron chi connectivity index (χ3n) is 4.26. The van der Waals surface area contributed by atoms with E-state index in [0.717, 1.165) is 33.8 Å². The standard InChI is InChI=1S/C21H16ClN3/c22-18-5-3-16(4-6-18)21-13-24-12-17-2-1-15(11-20(17)21)14-25-9-7-19(23)8-10-25/h1-13,23H,14H2/p+1. The number of nitrogens with zero attached hydrogens (tertiary/aromatic N) is 2. The molecular weight excluding hydrogens is 330 g/mol. The Bertz CT molecular complexity index is 1030. The van der Waals surface area contributed by atoms with Gasteiger partial charge in [-0.3, -0.25) is 4.98 Å². The van der Waals surface area contributed by atoms with Gasteiger partial charge in [-0.05, 0) is 29.1 Å². The summed E-state index contributed by atoms with van der Waals surface area (Å²) >= 11 is 6.02. The van der Waals surface area contributed by atoms with E-state index in [1.165, 1.54) is 10.9 Å². The molecule has 2 aromatic heterocycles. The lowest BCUT2D eigenvalue weighted by atomic mass is 9.99. The highest BCUT2D eigenvalue weighted by molar-refractivity contribution is 6.30. The van der Waals surface area contributed by atoms with Crippen molar-refractivity contribution in [3.63, 3.8) is 0 Å². The first-order valence-corrected chi connectivity index (χ1v) is 8.44. The Morgan fingerprint density at radius 1 is 0.920 bits per heavy atom. The zero-order valence-electron chi connectivity index (χ0n) is 13.6. The van der Waals surface area contributed by atoms with Gasteiger partial charge in [0.1, 0.15) is 0 Å². The van der Waals surface area contributed by atoms with E-state index in [9.17, 15) is 0 Å². The predicted molar refractivity (Wildman–Crippen MR) is 102 cm³/mol. The molecule has 0 bridgehead atoms. The molecular formula is C21H17ClN3+. The number of aromatic nitrogens is 2. The van der Waals surface area contributed by atoms with Crippen molar-refractivity contribution in [1.29, 1.82) is 0 Å². The summed E-state index contributed by atoms with van der Waals surface area (Å²) in [6.07, 6.45) is 7.79. The largest absolute Gasteiger partial charge is 0.398 e. The van der Waals surface area contributed by atoms with Gasteiger partial charge >= 0.3 is 0 Å². The summed E-state index contributed by atoms with van der Waals surface area (Å²) in [6.45, 7) is 0.790. The Morgan fingerprint density at radius 2 is 1.68 bits per heavy atom. The van der Waals surface area contributed by atoms with Gasteiger partial charge in [0, 0.05) is 51.7 Å². The smallest absolute Gasteiger partial charge is 0.173 e. The first kappa shape index (κ1) is 15.6. The molecule has 2 heterocycles. The minimum absolute atomic E-state index is 0.734. The second-order valence-corrected chi connectivity index (χ2v) is 6.49. The van der Waals surface area contributed by atoms with Crippen LogP contribution in [0.15, 0.2) is 79.4 Å². The van der Waals surface area contributed by atoms with Crippen LogP contribution in [0.5, 0.6) is 0 Å². The highest BCUT2D eigenvalue weighted by atomic mass is 35.5. The molecule has 0 saturated heterocycles. The molecule has 0 aliphatic rings. The number of fused-ring (bicyclic) bond motifs is 1. The molecule has 0 aliphatic heterocycles. The quantitative estimate of drug-likeness (QED) is 0.556. The molecule has 0 atom stereocenters. The summed E-state index contributed by atoms with van der Waals surface area (Å²) in [5, 5.41) is 3.04. The van der Waals surface area contributed by atoms with Crippen LogP contribution < -0.4 is 10.3 Å². The van der Waals surface area contributed by atoms with Crippen molar-refractivity contribution in [2.24, 2.45) is 0 Å². The molecule has 122 valence electrons. The molecule has 25 heavy (non-hydrogen) atoms. The molecule has 4 rings (SSSR count). The summed E-state index contributed by atoms with van der Waals surface area (Å²) < 4.78 is 2.11.